The van der Waals surface area contributed by atoms with Gasteiger partial charge in [-0.05, 0) is 18.9 Å². The van der Waals surface area contributed by atoms with Crippen molar-refractivity contribution in [2.75, 3.05) is 12.3 Å². The minimum atomic E-state index is -0.472. The minimum absolute atomic E-state index is 0.126. The number of nitrogens with zero attached hydrogens (tertiary/aromatic N) is 2. The van der Waals surface area contributed by atoms with E-state index in [1.165, 1.54) is 11.3 Å². The summed E-state index contributed by atoms with van der Waals surface area (Å²) in [5.74, 6) is -0.346. The molecule has 0 aliphatic rings. The Morgan fingerprint density at radius 2 is 2.25 bits per heavy atom. The Hall–Kier alpha value is -1.89. The number of anilines is 1. The first-order valence-corrected chi connectivity index (χ1v) is 7.21. The van der Waals surface area contributed by atoms with Crippen molar-refractivity contribution >= 4 is 32.4 Å². The van der Waals surface area contributed by atoms with Crippen LogP contribution in [0.4, 0.5) is 5.00 Å². The van der Waals surface area contributed by atoms with Crippen LogP contribution in [-0.2, 0) is 16.1 Å². The second-order valence-electron chi connectivity index (χ2n) is 4.70. The van der Waals surface area contributed by atoms with E-state index < -0.39 is 5.97 Å². The standard InChI is InChI=1S/C13H17N3O3S/c1-4-19-10(17)6-16-13(18)12-8(5-9(14)20-12)11(15-16)7(2)3/h5,7H,4,6,14H2,1-3H3. The SMILES string of the molecule is CCOC(=O)Cn1nc(C(C)C)c2cc(N)sc2c1=O. The van der Waals surface area contributed by atoms with Gasteiger partial charge in [0.15, 0.2) is 0 Å². The molecular formula is C13H17N3O3S. The Kier molecular flexibility index (Phi) is 4.08. The second kappa shape index (κ2) is 5.62. The van der Waals surface area contributed by atoms with Crippen LogP contribution in [0.5, 0.6) is 0 Å². The maximum atomic E-state index is 12.3. The number of carbonyl (C=O) groups is 1. The van der Waals surface area contributed by atoms with Crippen LogP contribution in [0.3, 0.4) is 0 Å². The highest BCUT2D eigenvalue weighted by molar-refractivity contribution is 7.22. The van der Waals surface area contributed by atoms with Crippen LogP contribution in [-0.4, -0.2) is 22.4 Å². The normalized spacial score (nSPS) is 11.2. The second-order valence-corrected chi connectivity index (χ2v) is 5.78. The van der Waals surface area contributed by atoms with Crippen LogP contribution in [0.25, 0.3) is 10.1 Å². The lowest BCUT2D eigenvalue weighted by Gasteiger charge is -2.10. The van der Waals surface area contributed by atoms with E-state index in [4.69, 9.17) is 10.5 Å². The fourth-order valence-corrected chi connectivity index (χ4v) is 2.85. The van der Waals surface area contributed by atoms with Crippen molar-refractivity contribution in [1.82, 2.24) is 9.78 Å². The summed E-state index contributed by atoms with van der Waals surface area (Å²) >= 11 is 1.22. The van der Waals surface area contributed by atoms with Gasteiger partial charge < -0.3 is 10.5 Å². The quantitative estimate of drug-likeness (QED) is 0.868. The summed E-state index contributed by atoms with van der Waals surface area (Å²) in [5, 5.41) is 5.63. The molecule has 2 heterocycles. The van der Waals surface area contributed by atoms with Gasteiger partial charge in [0.1, 0.15) is 11.2 Å². The smallest absolute Gasteiger partial charge is 0.327 e. The van der Waals surface area contributed by atoms with Crippen molar-refractivity contribution in [1.29, 1.82) is 0 Å². The van der Waals surface area contributed by atoms with Crippen LogP contribution >= 0.6 is 11.3 Å². The van der Waals surface area contributed by atoms with Crippen molar-refractivity contribution in [3.8, 4) is 0 Å². The Balaban J connectivity index is 2.58. The number of hydrogen-bond donors (Lipinski definition) is 1. The monoisotopic (exact) mass is 295 g/mol. The van der Waals surface area contributed by atoms with Gasteiger partial charge in [-0.25, -0.2) is 4.68 Å². The summed E-state index contributed by atoms with van der Waals surface area (Å²) in [4.78, 5) is 23.8. The molecule has 2 rings (SSSR count). The van der Waals surface area contributed by atoms with Crippen molar-refractivity contribution in [2.24, 2.45) is 0 Å². The first-order valence-electron chi connectivity index (χ1n) is 6.39. The number of rotatable bonds is 4. The molecule has 7 heteroatoms. The van der Waals surface area contributed by atoms with Gasteiger partial charge in [-0.1, -0.05) is 13.8 Å². The van der Waals surface area contributed by atoms with Gasteiger partial charge >= 0.3 is 5.97 Å². The molecule has 0 radical (unpaired) electrons. The molecule has 0 bridgehead atoms. The highest BCUT2D eigenvalue weighted by Gasteiger charge is 2.17. The molecule has 0 aliphatic carbocycles. The zero-order valence-electron chi connectivity index (χ0n) is 11.7. The number of fused-ring (bicyclic) bond motifs is 1. The molecule has 6 nitrogen and oxygen atoms in total. The van der Waals surface area contributed by atoms with Crippen molar-refractivity contribution < 1.29 is 9.53 Å². The van der Waals surface area contributed by atoms with Crippen molar-refractivity contribution in [2.45, 2.75) is 33.2 Å². The molecule has 0 fully saturated rings. The molecule has 0 atom stereocenters. The van der Waals surface area contributed by atoms with E-state index in [0.717, 1.165) is 15.8 Å². The third kappa shape index (κ3) is 2.67. The van der Waals surface area contributed by atoms with E-state index in [0.29, 0.717) is 9.70 Å². The zero-order chi connectivity index (χ0) is 14.9. The van der Waals surface area contributed by atoms with Gasteiger partial charge in [-0.15, -0.1) is 11.3 Å². The first kappa shape index (κ1) is 14.5. The summed E-state index contributed by atoms with van der Waals surface area (Å²) in [6, 6.07) is 1.76. The summed E-state index contributed by atoms with van der Waals surface area (Å²) in [7, 11) is 0. The highest BCUT2D eigenvalue weighted by Crippen LogP contribution is 2.29. The summed E-state index contributed by atoms with van der Waals surface area (Å²) < 4.78 is 6.55. The molecule has 0 unspecified atom stereocenters. The average Bonchev–Trinajstić information content (AvgIpc) is 2.74. The molecule has 108 valence electrons. The molecule has 2 aromatic rings. The van der Waals surface area contributed by atoms with Gasteiger partial charge in [-0.3, -0.25) is 9.59 Å². The third-order valence-corrected chi connectivity index (χ3v) is 3.77. The highest BCUT2D eigenvalue weighted by atomic mass is 32.1. The van der Waals surface area contributed by atoms with E-state index >= 15 is 0 Å². The topological polar surface area (TPSA) is 87.2 Å². The van der Waals surface area contributed by atoms with E-state index in [9.17, 15) is 9.59 Å². The maximum Gasteiger partial charge on any atom is 0.327 e. The molecule has 2 aromatic heterocycles. The molecule has 0 amide bonds. The lowest BCUT2D eigenvalue weighted by atomic mass is 10.1. The van der Waals surface area contributed by atoms with Crippen LogP contribution in [0, 0.1) is 0 Å². The van der Waals surface area contributed by atoms with Crippen LogP contribution in [0.2, 0.25) is 0 Å². The van der Waals surface area contributed by atoms with Gasteiger partial charge in [0.25, 0.3) is 5.56 Å². The summed E-state index contributed by atoms with van der Waals surface area (Å²) in [6.45, 7) is 5.78. The Morgan fingerprint density at radius 1 is 1.55 bits per heavy atom. The first-order chi connectivity index (χ1) is 9.43. The number of nitrogen functional groups attached to an aromatic ring is 1. The van der Waals surface area contributed by atoms with E-state index in [-0.39, 0.29) is 24.6 Å². The van der Waals surface area contributed by atoms with Crippen LogP contribution < -0.4 is 11.3 Å². The van der Waals surface area contributed by atoms with Crippen LogP contribution in [0.15, 0.2) is 10.9 Å². The fraction of sp³-hybridized carbons (Fsp3) is 0.462. The van der Waals surface area contributed by atoms with Gasteiger partial charge in [0.05, 0.1) is 17.3 Å². The molecule has 0 saturated carbocycles. The Bertz CT molecular complexity index is 703. The largest absolute Gasteiger partial charge is 0.465 e. The van der Waals surface area contributed by atoms with Crippen molar-refractivity contribution in [3.05, 3.63) is 22.1 Å². The molecule has 0 spiro atoms. The number of hydrogen-bond acceptors (Lipinski definition) is 6. The fourth-order valence-electron chi connectivity index (χ4n) is 1.97. The number of nitrogens with two attached hydrogens (primary N) is 1. The predicted molar refractivity (Wildman–Crippen MR) is 79.0 cm³/mol. The maximum absolute atomic E-state index is 12.3. The molecule has 0 saturated heterocycles. The van der Waals surface area contributed by atoms with E-state index in [2.05, 4.69) is 5.10 Å². The number of esters is 1. The lowest BCUT2D eigenvalue weighted by molar-refractivity contribution is -0.144. The van der Waals surface area contributed by atoms with Gasteiger partial charge in [0, 0.05) is 5.39 Å². The minimum Gasteiger partial charge on any atom is -0.465 e. The molecule has 20 heavy (non-hydrogen) atoms. The molecule has 2 N–H and O–H groups in total. The lowest BCUT2D eigenvalue weighted by Crippen LogP contribution is -2.28. The van der Waals surface area contributed by atoms with Crippen LogP contribution in [0.1, 0.15) is 32.4 Å². The van der Waals surface area contributed by atoms with Gasteiger partial charge in [-0.2, -0.15) is 5.10 Å². The number of thiophene rings is 1. The third-order valence-electron chi connectivity index (χ3n) is 2.82. The summed E-state index contributed by atoms with van der Waals surface area (Å²) in [5.41, 5.74) is 6.23. The van der Waals surface area contributed by atoms with Gasteiger partial charge in [0.2, 0.25) is 0 Å². The Morgan fingerprint density at radius 3 is 2.85 bits per heavy atom. The molecule has 0 aliphatic heterocycles. The number of aromatic nitrogens is 2. The number of carbonyl (C=O) groups excluding carboxylic acids is 1. The van der Waals surface area contributed by atoms with E-state index in [1.54, 1.807) is 13.0 Å². The summed E-state index contributed by atoms with van der Waals surface area (Å²) in [6.07, 6.45) is 0. The van der Waals surface area contributed by atoms with Crippen molar-refractivity contribution in [3.63, 3.8) is 0 Å². The zero-order valence-corrected chi connectivity index (χ0v) is 12.5. The molecule has 0 aromatic carbocycles. The number of ether oxygens (including phenoxy) is 1. The molecular weight excluding hydrogens is 278 g/mol. The average molecular weight is 295 g/mol. The van der Waals surface area contributed by atoms with E-state index in [1.807, 2.05) is 13.8 Å². The predicted octanol–water partition coefficient (Wildman–Crippen LogP) is 1.73. The Labute approximate surface area is 120 Å².